The maximum absolute atomic E-state index is 12.0. The molecule has 1 fully saturated rings. The van der Waals surface area contributed by atoms with E-state index >= 15 is 0 Å². The summed E-state index contributed by atoms with van der Waals surface area (Å²) in [6, 6.07) is 3.10. The number of carbonyl (C=O) groups is 2. The Hall–Kier alpha value is -2.15. The summed E-state index contributed by atoms with van der Waals surface area (Å²) >= 11 is 0. The van der Waals surface area contributed by atoms with Gasteiger partial charge in [0.15, 0.2) is 0 Å². The van der Waals surface area contributed by atoms with Crippen LogP contribution in [-0.2, 0) is 11.2 Å². The SMILES string of the molecule is CN(CC(=O)N[C@H](Cc1ccncc1)C1CC(O)C1)C(N)=O. The van der Waals surface area contributed by atoms with E-state index in [1.165, 1.54) is 7.05 Å². The van der Waals surface area contributed by atoms with Crippen molar-refractivity contribution in [3.05, 3.63) is 30.1 Å². The molecule has 0 unspecified atom stereocenters. The van der Waals surface area contributed by atoms with Crippen LogP contribution in [0.2, 0.25) is 0 Å². The standard InChI is InChI=1S/C15H22N4O3/c1-19(15(16)22)9-14(21)18-13(11-7-12(20)8-11)6-10-2-4-17-5-3-10/h2-5,11-13,20H,6-9H2,1H3,(H2,16,22)(H,18,21)/t11?,12?,13-/m1/s1. The number of nitrogens with two attached hydrogens (primary N) is 1. The summed E-state index contributed by atoms with van der Waals surface area (Å²) in [6.45, 7) is -0.0720. The van der Waals surface area contributed by atoms with E-state index in [0.29, 0.717) is 19.3 Å². The minimum Gasteiger partial charge on any atom is -0.393 e. The number of pyridine rings is 1. The van der Waals surface area contributed by atoms with E-state index < -0.39 is 6.03 Å². The fraction of sp³-hybridized carbons (Fsp3) is 0.533. The third-order valence-corrected chi connectivity index (χ3v) is 4.03. The molecule has 0 radical (unpaired) electrons. The lowest BCUT2D eigenvalue weighted by Crippen LogP contribution is -2.51. The van der Waals surface area contributed by atoms with Gasteiger partial charge in [-0.3, -0.25) is 9.78 Å². The molecule has 0 spiro atoms. The Morgan fingerprint density at radius 2 is 2.09 bits per heavy atom. The number of amides is 3. The summed E-state index contributed by atoms with van der Waals surface area (Å²) in [6.07, 6.45) is 5.18. The molecule has 2 rings (SSSR count). The molecule has 1 aliphatic carbocycles. The van der Waals surface area contributed by atoms with Crippen molar-refractivity contribution in [2.75, 3.05) is 13.6 Å². The first-order chi connectivity index (χ1) is 10.5. The number of aliphatic hydroxyl groups is 1. The maximum Gasteiger partial charge on any atom is 0.314 e. The lowest BCUT2D eigenvalue weighted by Gasteiger charge is -2.38. The summed E-state index contributed by atoms with van der Waals surface area (Å²) in [5.41, 5.74) is 6.19. The topological polar surface area (TPSA) is 109 Å². The molecule has 7 heteroatoms. The van der Waals surface area contributed by atoms with Crippen LogP contribution in [0.25, 0.3) is 0 Å². The van der Waals surface area contributed by atoms with E-state index in [-0.39, 0.29) is 30.5 Å². The van der Waals surface area contributed by atoms with Gasteiger partial charge in [-0.25, -0.2) is 4.79 Å². The molecule has 1 saturated carbocycles. The Morgan fingerprint density at radius 1 is 1.45 bits per heavy atom. The van der Waals surface area contributed by atoms with E-state index in [0.717, 1.165) is 10.5 Å². The summed E-state index contributed by atoms with van der Waals surface area (Å²) in [7, 11) is 1.48. The number of aliphatic hydroxyl groups excluding tert-OH is 1. The minimum absolute atomic E-state index is 0.0698. The second-order valence-corrected chi connectivity index (χ2v) is 5.81. The summed E-state index contributed by atoms with van der Waals surface area (Å²) in [5.74, 6) is -0.00672. The summed E-state index contributed by atoms with van der Waals surface area (Å²) in [4.78, 5) is 28.2. The average Bonchev–Trinajstić information content (AvgIpc) is 2.44. The molecule has 1 aromatic heterocycles. The van der Waals surface area contributed by atoms with Gasteiger partial charge in [-0.15, -0.1) is 0 Å². The number of nitrogens with one attached hydrogen (secondary N) is 1. The van der Waals surface area contributed by atoms with Crippen molar-refractivity contribution in [1.82, 2.24) is 15.2 Å². The highest BCUT2D eigenvalue weighted by Crippen LogP contribution is 2.31. The largest absolute Gasteiger partial charge is 0.393 e. The molecule has 1 atom stereocenters. The number of aromatic nitrogens is 1. The van der Waals surface area contributed by atoms with Crippen LogP contribution in [-0.4, -0.2) is 52.7 Å². The first-order valence-electron chi connectivity index (χ1n) is 7.32. The van der Waals surface area contributed by atoms with Crippen LogP contribution in [0.5, 0.6) is 0 Å². The second-order valence-electron chi connectivity index (χ2n) is 5.81. The number of urea groups is 1. The van der Waals surface area contributed by atoms with Crippen molar-refractivity contribution in [3.63, 3.8) is 0 Å². The smallest absolute Gasteiger partial charge is 0.314 e. The fourth-order valence-electron chi connectivity index (χ4n) is 2.61. The Bertz CT molecular complexity index is 517. The van der Waals surface area contributed by atoms with Crippen LogP contribution in [0.4, 0.5) is 4.79 Å². The molecule has 0 aliphatic heterocycles. The number of likely N-dealkylation sites (N-methyl/N-ethyl adjacent to an activating group) is 1. The molecule has 22 heavy (non-hydrogen) atoms. The van der Waals surface area contributed by atoms with Crippen molar-refractivity contribution in [1.29, 1.82) is 0 Å². The van der Waals surface area contributed by atoms with Gasteiger partial charge in [0.05, 0.1) is 6.10 Å². The molecular formula is C15H22N4O3. The normalized spacial score (nSPS) is 21.5. The quantitative estimate of drug-likeness (QED) is 0.681. The van der Waals surface area contributed by atoms with E-state index in [4.69, 9.17) is 5.73 Å². The summed E-state index contributed by atoms with van der Waals surface area (Å²) < 4.78 is 0. The molecule has 7 nitrogen and oxygen atoms in total. The van der Waals surface area contributed by atoms with E-state index in [2.05, 4.69) is 10.3 Å². The van der Waals surface area contributed by atoms with Gasteiger partial charge in [0.25, 0.3) is 0 Å². The second kappa shape index (κ2) is 7.22. The van der Waals surface area contributed by atoms with Crippen LogP contribution in [0, 0.1) is 5.92 Å². The van der Waals surface area contributed by atoms with E-state index in [1.54, 1.807) is 12.4 Å². The minimum atomic E-state index is -0.639. The Kier molecular flexibility index (Phi) is 5.32. The van der Waals surface area contributed by atoms with Crippen LogP contribution >= 0.6 is 0 Å². The predicted molar refractivity (Wildman–Crippen MR) is 80.8 cm³/mol. The molecule has 0 saturated heterocycles. The van der Waals surface area contributed by atoms with Gasteiger partial charge in [0.2, 0.25) is 5.91 Å². The predicted octanol–water partition coefficient (Wildman–Crippen LogP) is -0.110. The van der Waals surface area contributed by atoms with Crippen molar-refractivity contribution in [3.8, 4) is 0 Å². The third kappa shape index (κ3) is 4.42. The number of carbonyl (C=O) groups excluding carboxylic acids is 2. The average molecular weight is 306 g/mol. The van der Waals surface area contributed by atoms with E-state index in [9.17, 15) is 14.7 Å². The van der Waals surface area contributed by atoms with Crippen molar-refractivity contribution in [2.24, 2.45) is 11.7 Å². The van der Waals surface area contributed by atoms with Crippen LogP contribution in [0.3, 0.4) is 0 Å². The Labute approximate surface area is 129 Å². The van der Waals surface area contributed by atoms with Crippen molar-refractivity contribution in [2.45, 2.75) is 31.4 Å². The molecule has 3 amide bonds. The third-order valence-electron chi connectivity index (χ3n) is 4.03. The molecule has 120 valence electrons. The van der Waals surface area contributed by atoms with Gasteiger partial charge in [0, 0.05) is 25.5 Å². The molecule has 1 heterocycles. The zero-order valence-electron chi connectivity index (χ0n) is 12.6. The van der Waals surface area contributed by atoms with Gasteiger partial charge < -0.3 is 21.1 Å². The van der Waals surface area contributed by atoms with Gasteiger partial charge in [-0.1, -0.05) is 0 Å². The number of rotatable bonds is 6. The molecule has 1 aliphatic rings. The van der Waals surface area contributed by atoms with Crippen LogP contribution in [0.1, 0.15) is 18.4 Å². The number of hydrogen-bond donors (Lipinski definition) is 3. The van der Waals surface area contributed by atoms with Crippen molar-refractivity contribution < 1.29 is 14.7 Å². The number of hydrogen-bond acceptors (Lipinski definition) is 4. The van der Waals surface area contributed by atoms with E-state index in [1.807, 2.05) is 12.1 Å². The lowest BCUT2D eigenvalue weighted by molar-refractivity contribution is -0.123. The zero-order valence-corrected chi connectivity index (χ0v) is 12.6. The highest BCUT2D eigenvalue weighted by molar-refractivity contribution is 5.83. The summed E-state index contributed by atoms with van der Waals surface area (Å²) in [5, 5.41) is 12.4. The van der Waals surface area contributed by atoms with Crippen LogP contribution < -0.4 is 11.1 Å². The highest BCUT2D eigenvalue weighted by atomic mass is 16.3. The van der Waals surface area contributed by atoms with Crippen molar-refractivity contribution >= 4 is 11.9 Å². The Morgan fingerprint density at radius 3 is 2.64 bits per heavy atom. The van der Waals surface area contributed by atoms with Gasteiger partial charge in [0.1, 0.15) is 6.54 Å². The first-order valence-corrected chi connectivity index (χ1v) is 7.32. The molecule has 4 N–H and O–H groups in total. The van der Waals surface area contributed by atoms with Gasteiger partial charge in [-0.05, 0) is 42.9 Å². The Balaban J connectivity index is 1.96. The number of nitrogens with zero attached hydrogens (tertiary/aromatic N) is 2. The molecule has 1 aromatic rings. The lowest BCUT2D eigenvalue weighted by atomic mass is 9.75. The maximum atomic E-state index is 12.0. The van der Waals surface area contributed by atoms with Gasteiger partial charge in [-0.2, -0.15) is 0 Å². The molecular weight excluding hydrogens is 284 g/mol. The first kappa shape index (κ1) is 16.2. The van der Waals surface area contributed by atoms with Crippen LogP contribution in [0.15, 0.2) is 24.5 Å². The highest BCUT2D eigenvalue weighted by Gasteiger charge is 2.34. The fourth-order valence-corrected chi connectivity index (χ4v) is 2.61. The van der Waals surface area contributed by atoms with Gasteiger partial charge >= 0.3 is 6.03 Å². The molecule has 0 aromatic carbocycles. The monoisotopic (exact) mass is 306 g/mol. The number of primary amides is 1. The zero-order chi connectivity index (χ0) is 16.1. The molecule has 0 bridgehead atoms.